The van der Waals surface area contributed by atoms with E-state index in [-0.39, 0.29) is 5.91 Å². The fraction of sp³-hybridized carbons (Fsp3) is 0.500. The monoisotopic (exact) mass is 357 g/mol. The van der Waals surface area contributed by atoms with Crippen molar-refractivity contribution < 1.29 is 14.3 Å². The second kappa shape index (κ2) is 8.74. The van der Waals surface area contributed by atoms with E-state index in [1.54, 1.807) is 18.0 Å². The highest BCUT2D eigenvalue weighted by molar-refractivity contribution is 5.92. The quantitative estimate of drug-likeness (QED) is 0.763. The summed E-state index contributed by atoms with van der Waals surface area (Å²) in [5, 5.41) is 4.27. The Kier molecular flexibility index (Phi) is 6.15. The maximum absolute atomic E-state index is 12.9. The summed E-state index contributed by atoms with van der Waals surface area (Å²) in [5.74, 6) is 2.06. The third kappa shape index (κ3) is 4.36. The highest BCUT2D eigenvalue weighted by atomic mass is 16.5. The molecular weight excluding hydrogens is 330 g/mol. The molecule has 1 amide bonds. The van der Waals surface area contributed by atoms with E-state index in [0.717, 1.165) is 50.4 Å². The van der Waals surface area contributed by atoms with Gasteiger partial charge >= 0.3 is 0 Å². The molecule has 1 aromatic carbocycles. The molecule has 0 radical (unpaired) electrons. The zero-order valence-corrected chi connectivity index (χ0v) is 15.6. The summed E-state index contributed by atoms with van der Waals surface area (Å²) in [6.45, 7) is 5.00. The van der Waals surface area contributed by atoms with Gasteiger partial charge in [-0.1, -0.05) is 6.92 Å². The maximum Gasteiger partial charge on any atom is 0.272 e. The van der Waals surface area contributed by atoms with Gasteiger partial charge in [-0.15, -0.1) is 0 Å². The first-order valence-corrected chi connectivity index (χ1v) is 9.29. The van der Waals surface area contributed by atoms with E-state index < -0.39 is 0 Å². The minimum absolute atomic E-state index is 0.0742. The smallest absolute Gasteiger partial charge is 0.272 e. The standard InChI is InChI=1S/C20H27N3O3/c1-3-12-23-19(10-11-21-23)20(24)22-13-4-5-16(14-22)15-26-18-8-6-17(25-2)7-9-18/h6-11,16H,3-5,12-15H2,1-2H3. The maximum atomic E-state index is 12.9. The van der Waals surface area contributed by atoms with Crippen LogP contribution < -0.4 is 9.47 Å². The fourth-order valence-corrected chi connectivity index (χ4v) is 3.34. The van der Waals surface area contributed by atoms with Gasteiger partial charge < -0.3 is 14.4 Å². The van der Waals surface area contributed by atoms with Gasteiger partial charge in [-0.05, 0) is 49.6 Å². The van der Waals surface area contributed by atoms with Gasteiger partial charge in [-0.25, -0.2) is 0 Å². The molecule has 1 aliphatic heterocycles. The van der Waals surface area contributed by atoms with Crippen LogP contribution in [0.15, 0.2) is 36.5 Å². The van der Waals surface area contributed by atoms with Crippen LogP contribution in [0, 0.1) is 5.92 Å². The average Bonchev–Trinajstić information content (AvgIpc) is 3.15. The molecular formula is C20H27N3O3. The molecule has 1 fully saturated rings. The fourth-order valence-electron chi connectivity index (χ4n) is 3.34. The Balaban J connectivity index is 1.56. The van der Waals surface area contributed by atoms with Crippen molar-refractivity contribution in [3.63, 3.8) is 0 Å². The summed E-state index contributed by atoms with van der Waals surface area (Å²) >= 11 is 0. The van der Waals surface area contributed by atoms with Gasteiger partial charge in [0.05, 0.1) is 13.7 Å². The number of ether oxygens (including phenoxy) is 2. The van der Waals surface area contributed by atoms with Crippen molar-refractivity contribution >= 4 is 5.91 Å². The van der Waals surface area contributed by atoms with E-state index in [1.165, 1.54) is 0 Å². The summed E-state index contributed by atoms with van der Waals surface area (Å²) in [4.78, 5) is 14.8. The summed E-state index contributed by atoms with van der Waals surface area (Å²) < 4.78 is 12.9. The third-order valence-corrected chi connectivity index (χ3v) is 4.72. The molecule has 0 spiro atoms. The first-order chi connectivity index (χ1) is 12.7. The molecule has 0 aliphatic carbocycles. The first-order valence-electron chi connectivity index (χ1n) is 9.29. The highest BCUT2D eigenvalue weighted by Gasteiger charge is 2.26. The molecule has 2 aromatic rings. The predicted octanol–water partition coefficient (Wildman–Crippen LogP) is 3.23. The third-order valence-electron chi connectivity index (χ3n) is 4.72. The Morgan fingerprint density at radius 3 is 2.73 bits per heavy atom. The Morgan fingerprint density at radius 2 is 2.00 bits per heavy atom. The van der Waals surface area contributed by atoms with Crippen molar-refractivity contribution in [3.05, 3.63) is 42.2 Å². The number of carbonyl (C=O) groups excluding carboxylic acids is 1. The Labute approximate surface area is 154 Å². The molecule has 140 valence electrons. The van der Waals surface area contributed by atoms with E-state index in [2.05, 4.69) is 12.0 Å². The molecule has 6 heteroatoms. The first kappa shape index (κ1) is 18.3. The summed E-state index contributed by atoms with van der Waals surface area (Å²) in [5.41, 5.74) is 0.684. The summed E-state index contributed by atoms with van der Waals surface area (Å²) in [6, 6.07) is 9.42. The molecule has 1 saturated heterocycles. The summed E-state index contributed by atoms with van der Waals surface area (Å²) in [6.07, 6.45) is 4.75. The van der Waals surface area contributed by atoms with Crippen molar-refractivity contribution in [3.8, 4) is 11.5 Å². The van der Waals surface area contributed by atoms with Gasteiger partial charge in [0.15, 0.2) is 0 Å². The lowest BCUT2D eigenvalue weighted by Crippen LogP contribution is -2.42. The van der Waals surface area contributed by atoms with Gasteiger partial charge in [0.1, 0.15) is 17.2 Å². The van der Waals surface area contributed by atoms with Gasteiger partial charge in [0, 0.05) is 31.7 Å². The number of amides is 1. The largest absolute Gasteiger partial charge is 0.497 e. The lowest BCUT2D eigenvalue weighted by atomic mass is 9.98. The molecule has 0 bridgehead atoms. The van der Waals surface area contributed by atoms with Crippen LogP contribution in [-0.2, 0) is 6.54 Å². The van der Waals surface area contributed by atoms with Crippen LogP contribution in [0.2, 0.25) is 0 Å². The van der Waals surface area contributed by atoms with Crippen molar-refractivity contribution in [2.75, 3.05) is 26.8 Å². The Hall–Kier alpha value is -2.50. The van der Waals surface area contributed by atoms with Crippen LogP contribution in [0.5, 0.6) is 11.5 Å². The predicted molar refractivity (Wildman–Crippen MR) is 99.6 cm³/mol. The van der Waals surface area contributed by atoms with Crippen LogP contribution in [0.4, 0.5) is 0 Å². The van der Waals surface area contributed by atoms with Gasteiger partial charge in [-0.3, -0.25) is 9.48 Å². The Morgan fingerprint density at radius 1 is 1.23 bits per heavy atom. The minimum atomic E-state index is 0.0742. The molecule has 0 N–H and O–H groups in total. The van der Waals surface area contributed by atoms with E-state index in [0.29, 0.717) is 18.2 Å². The number of hydrogen-bond acceptors (Lipinski definition) is 4. The van der Waals surface area contributed by atoms with E-state index in [1.807, 2.05) is 35.2 Å². The van der Waals surface area contributed by atoms with E-state index in [9.17, 15) is 4.79 Å². The minimum Gasteiger partial charge on any atom is -0.497 e. The topological polar surface area (TPSA) is 56.6 Å². The van der Waals surface area contributed by atoms with Crippen LogP contribution in [0.25, 0.3) is 0 Å². The number of carbonyl (C=O) groups is 1. The highest BCUT2D eigenvalue weighted by Crippen LogP contribution is 2.22. The van der Waals surface area contributed by atoms with Crippen LogP contribution in [0.1, 0.15) is 36.7 Å². The number of benzene rings is 1. The van der Waals surface area contributed by atoms with Crippen molar-refractivity contribution in [2.45, 2.75) is 32.7 Å². The number of nitrogens with zero attached hydrogens (tertiary/aromatic N) is 3. The number of piperidine rings is 1. The van der Waals surface area contributed by atoms with Crippen molar-refractivity contribution in [1.82, 2.24) is 14.7 Å². The van der Waals surface area contributed by atoms with Crippen LogP contribution in [0.3, 0.4) is 0 Å². The van der Waals surface area contributed by atoms with Crippen LogP contribution >= 0.6 is 0 Å². The van der Waals surface area contributed by atoms with E-state index in [4.69, 9.17) is 9.47 Å². The lowest BCUT2D eigenvalue weighted by molar-refractivity contribution is 0.0621. The number of methoxy groups -OCH3 is 1. The molecule has 2 heterocycles. The zero-order valence-electron chi connectivity index (χ0n) is 15.6. The number of aryl methyl sites for hydroxylation is 1. The molecule has 1 atom stereocenters. The molecule has 6 nitrogen and oxygen atoms in total. The van der Waals surface area contributed by atoms with Gasteiger partial charge in [0.25, 0.3) is 5.91 Å². The molecule has 1 aromatic heterocycles. The number of rotatable bonds is 7. The van der Waals surface area contributed by atoms with Crippen molar-refractivity contribution in [1.29, 1.82) is 0 Å². The number of likely N-dealkylation sites (tertiary alicyclic amines) is 1. The number of hydrogen-bond donors (Lipinski definition) is 0. The Bertz CT molecular complexity index is 711. The lowest BCUT2D eigenvalue weighted by Gasteiger charge is -2.32. The molecule has 1 unspecified atom stereocenters. The van der Waals surface area contributed by atoms with Crippen LogP contribution in [-0.4, -0.2) is 47.4 Å². The molecule has 0 saturated carbocycles. The summed E-state index contributed by atoms with van der Waals surface area (Å²) in [7, 11) is 1.65. The molecule has 3 rings (SSSR count). The van der Waals surface area contributed by atoms with E-state index >= 15 is 0 Å². The zero-order chi connectivity index (χ0) is 18.4. The number of aromatic nitrogens is 2. The average molecular weight is 357 g/mol. The van der Waals surface area contributed by atoms with Gasteiger partial charge in [0.2, 0.25) is 0 Å². The van der Waals surface area contributed by atoms with Gasteiger partial charge in [-0.2, -0.15) is 5.10 Å². The normalized spacial score (nSPS) is 17.2. The second-order valence-corrected chi connectivity index (χ2v) is 6.69. The molecule has 26 heavy (non-hydrogen) atoms. The molecule has 1 aliphatic rings. The van der Waals surface area contributed by atoms with Crippen molar-refractivity contribution in [2.24, 2.45) is 5.92 Å². The second-order valence-electron chi connectivity index (χ2n) is 6.69. The SMILES string of the molecule is CCCn1nccc1C(=O)N1CCCC(COc2ccc(OC)cc2)C1.